The molecule has 2 aromatic rings. The van der Waals surface area contributed by atoms with Gasteiger partial charge in [0.15, 0.2) is 0 Å². The molecule has 0 bridgehead atoms. The van der Waals surface area contributed by atoms with Crippen LogP contribution >= 0.6 is 0 Å². The number of hydrogen-bond donors (Lipinski definition) is 1. The number of carbonyl (C=O) groups is 1. The quantitative estimate of drug-likeness (QED) is 0.457. The predicted octanol–water partition coefficient (Wildman–Crippen LogP) is 4.69. The average molecular weight is 481 g/mol. The average Bonchev–Trinajstić information content (AvgIpc) is 2.85. The van der Waals surface area contributed by atoms with Crippen molar-refractivity contribution >= 4 is 23.0 Å². The molecule has 1 amide bonds. The van der Waals surface area contributed by atoms with Gasteiger partial charge in [-0.05, 0) is 70.7 Å². The van der Waals surface area contributed by atoms with Gasteiger partial charge < -0.3 is 19.9 Å². The van der Waals surface area contributed by atoms with E-state index in [1.165, 1.54) is 11.3 Å². The molecule has 8 heteroatoms. The van der Waals surface area contributed by atoms with Gasteiger partial charge >= 0.3 is 0 Å². The van der Waals surface area contributed by atoms with Gasteiger partial charge in [0.2, 0.25) is 0 Å². The maximum atomic E-state index is 13.0. The Kier molecular flexibility index (Phi) is 7.90. The Morgan fingerprint density at radius 2 is 1.69 bits per heavy atom. The predicted molar refractivity (Wildman–Crippen MR) is 138 cm³/mol. The van der Waals surface area contributed by atoms with E-state index in [9.17, 15) is 14.9 Å². The first-order valence-corrected chi connectivity index (χ1v) is 12.6. The molecule has 1 atom stereocenters. The van der Waals surface area contributed by atoms with Crippen molar-refractivity contribution in [2.75, 3.05) is 36.4 Å². The van der Waals surface area contributed by atoms with Crippen LogP contribution in [0.5, 0.6) is 0 Å². The largest absolute Gasteiger partial charge is 0.382 e. The van der Waals surface area contributed by atoms with Gasteiger partial charge in [0, 0.05) is 55.2 Å². The monoisotopic (exact) mass is 480 g/mol. The van der Waals surface area contributed by atoms with Crippen LogP contribution < -0.4 is 10.2 Å². The number of carbonyl (C=O) groups excluding carboxylic acids is 1. The Morgan fingerprint density at radius 3 is 2.29 bits per heavy atom. The normalized spacial score (nSPS) is 21.5. The lowest BCUT2D eigenvalue weighted by Crippen LogP contribution is -2.52. The number of anilines is 2. The number of ether oxygens (including phenoxy) is 1. The topological polar surface area (TPSA) is 88.0 Å². The Hall–Kier alpha value is -3.13. The summed E-state index contributed by atoms with van der Waals surface area (Å²) in [5.74, 6) is 0.0789. The number of nitrogens with zero attached hydrogens (tertiary/aromatic N) is 3. The fourth-order valence-electron chi connectivity index (χ4n) is 5.07. The highest BCUT2D eigenvalue weighted by atomic mass is 16.6. The van der Waals surface area contributed by atoms with E-state index >= 15 is 0 Å². The van der Waals surface area contributed by atoms with Crippen LogP contribution in [-0.4, -0.2) is 60.2 Å². The van der Waals surface area contributed by atoms with E-state index in [4.69, 9.17) is 4.74 Å². The van der Waals surface area contributed by atoms with Crippen LogP contribution in [0, 0.1) is 24.0 Å². The van der Waals surface area contributed by atoms with Crippen molar-refractivity contribution in [3.05, 3.63) is 63.7 Å². The van der Waals surface area contributed by atoms with Gasteiger partial charge in [-0.1, -0.05) is 17.7 Å². The van der Waals surface area contributed by atoms with Crippen molar-refractivity contribution in [3.63, 3.8) is 0 Å². The van der Waals surface area contributed by atoms with Crippen molar-refractivity contribution in [1.29, 1.82) is 0 Å². The molecule has 1 aliphatic heterocycles. The van der Waals surface area contributed by atoms with E-state index in [2.05, 4.69) is 41.4 Å². The molecule has 0 radical (unpaired) electrons. The zero-order valence-corrected chi connectivity index (χ0v) is 20.9. The molecule has 2 aliphatic rings. The molecule has 188 valence electrons. The van der Waals surface area contributed by atoms with Crippen LogP contribution in [0.25, 0.3) is 0 Å². The number of hydrogen-bond acceptors (Lipinski definition) is 6. The van der Waals surface area contributed by atoms with Crippen molar-refractivity contribution < 1.29 is 14.5 Å². The van der Waals surface area contributed by atoms with E-state index in [0.29, 0.717) is 24.7 Å². The first-order chi connectivity index (χ1) is 16.8. The molecule has 0 spiro atoms. The van der Waals surface area contributed by atoms with Crippen LogP contribution in [0.15, 0.2) is 42.5 Å². The molecule has 35 heavy (non-hydrogen) atoms. The maximum absolute atomic E-state index is 13.0. The van der Waals surface area contributed by atoms with Gasteiger partial charge in [0.05, 0.1) is 11.0 Å². The van der Waals surface area contributed by atoms with Crippen molar-refractivity contribution in [2.24, 2.45) is 0 Å². The first-order valence-electron chi connectivity index (χ1n) is 12.6. The zero-order valence-electron chi connectivity index (χ0n) is 20.9. The number of nitrogens with one attached hydrogen (secondary N) is 1. The number of aryl methyl sites for hydroxylation is 2. The Bertz CT molecular complexity index is 1030. The number of rotatable bonds is 7. The summed E-state index contributed by atoms with van der Waals surface area (Å²) in [6, 6.07) is 14.0. The molecule has 1 aliphatic carbocycles. The third kappa shape index (κ3) is 6.31. The molecule has 1 saturated carbocycles. The van der Waals surface area contributed by atoms with Gasteiger partial charge in [-0.15, -0.1) is 0 Å². The number of amides is 1. The van der Waals surface area contributed by atoms with Crippen LogP contribution in [0.1, 0.15) is 43.7 Å². The smallest absolute Gasteiger partial charge is 0.272 e. The fourth-order valence-corrected chi connectivity index (χ4v) is 5.07. The molecule has 1 unspecified atom stereocenters. The van der Waals surface area contributed by atoms with Gasteiger partial charge in [0.1, 0.15) is 6.10 Å². The Morgan fingerprint density at radius 1 is 1.03 bits per heavy atom. The highest BCUT2D eigenvalue weighted by Crippen LogP contribution is 2.28. The van der Waals surface area contributed by atoms with Crippen molar-refractivity contribution in [2.45, 2.75) is 64.7 Å². The molecular formula is C27H36N4O4. The summed E-state index contributed by atoms with van der Waals surface area (Å²) in [6.45, 7) is 8.82. The lowest BCUT2D eigenvalue weighted by atomic mass is 9.92. The first kappa shape index (κ1) is 25.0. The van der Waals surface area contributed by atoms with Gasteiger partial charge in [-0.2, -0.15) is 0 Å². The number of nitro groups is 1. The highest BCUT2D eigenvalue weighted by Gasteiger charge is 2.29. The van der Waals surface area contributed by atoms with E-state index in [1.54, 1.807) is 19.1 Å². The minimum absolute atomic E-state index is 0.0789. The molecule has 1 saturated heterocycles. The van der Waals surface area contributed by atoms with Crippen LogP contribution in [0.3, 0.4) is 0 Å². The summed E-state index contributed by atoms with van der Waals surface area (Å²) in [5.41, 5.74) is 4.17. The Balaban J connectivity index is 1.20. The van der Waals surface area contributed by atoms with Gasteiger partial charge in [-0.3, -0.25) is 14.9 Å². The standard InChI is InChI=1S/C27H36N4O4/c1-19-4-9-24(10-5-19)29-14-16-30(17-15-29)27(32)21(3)35-25-11-6-22(7-12-25)28-23-8-13-26(31(33)34)20(2)18-23/h4-5,8-10,13,18,21-22,25,28H,6-7,11-12,14-17H2,1-3H3. The zero-order chi connectivity index (χ0) is 24.9. The summed E-state index contributed by atoms with van der Waals surface area (Å²) in [4.78, 5) is 27.9. The van der Waals surface area contributed by atoms with Crippen LogP contribution in [0.2, 0.25) is 0 Å². The summed E-state index contributed by atoms with van der Waals surface area (Å²) in [7, 11) is 0. The molecule has 1 N–H and O–H groups in total. The van der Waals surface area contributed by atoms with Crippen molar-refractivity contribution in [3.8, 4) is 0 Å². The van der Waals surface area contributed by atoms with Crippen molar-refractivity contribution in [1.82, 2.24) is 4.90 Å². The van der Waals surface area contributed by atoms with E-state index < -0.39 is 6.10 Å². The van der Waals surface area contributed by atoms with Gasteiger partial charge in [0.25, 0.3) is 11.6 Å². The molecule has 2 aromatic carbocycles. The summed E-state index contributed by atoms with van der Waals surface area (Å²) in [6.07, 6.45) is 3.31. The van der Waals surface area contributed by atoms with E-state index in [0.717, 1.165) is 44.5 Å². The number of piperazine rings is 1. The molecule has 1 heterocycles. The molecule has 4 rings (SSSR count). The summed E-state index contributed by atoms with van der Waals surface area (Å²) < 4.78 is 6.18. The Labute approximate surface area is 207 Å². The number of nitro benzene ring substituents is 1. The second-order valence-corrected chi connectivity index (χ2v) is 9.80. The molecule has 2 fully saturated rings. The molecular weight excluding hydrogens is 444 g/mol. The minimum atomic E-state index is -0.437. The van der Waals surface area contributed by atoms with Gasteiger partial charge in [-0.25, -0.2) is 0 Å². The lowest BCUT2D eigenvalue weighted by Gasteiger charge is -2.38. The molecule has 0 aromatic heterocycles. The summed E-state index contributed by atoms with van der Waals surface area (Å²) >= 11 is 0. The second-order valence-electron chi connectivity index (χ2n) is 9.80. The number of benzene rings is 2. The second kappa shape index (κ2) is 11.1. The lowest BCUT2D eigenvalue weighted by molar-refractivity contribution is -0.385. The SMILES string of the molecule is Cc1ccc(N2CCN(C(=O)C(C)OC3CCC(Nc4ccc([N+](=O)[O-])c(C)c4)CC3)CC2)cc1. The summed E-state index contributed by atoms with van der Waals surface area (Å²) in [5, 5.41) is 14.5. The highest BCUT2D eigenvalue weighted by molar-refractivity contribution is 5.80. The van der Waals surface area contributed by atoms with E-state index in [1.807, 2.05) is 17.9 Å². The maximum Gasteiger partial charge on any atom is 0.272 e. The van der Waals surface area contributed by atoms with E-state index in [-0.39, 0.29) is 22.6 Å². The van der Waals surface area contributed by atoms with Crippen LogP contribution in [0.4, 0.5) is 17.1 Å². The third-order valence-electron chi connectivity index (χ3n) is 7.17. The fraction of sp³-hybridized carbons (Fsp3) is 0.519. The molecule has 8 nitrogen and oxygen atoms in total. The minimum Gasteiger partial charge on any atom is -0.382 e. The third-order valence-corrected chi connectivity index (χ3v) is 7.17. The van der Waals surface area contributed by atoms with Crippen LogP contribution in [-0.2, 0) is 9.53 Å².